The summed E-state index contributed by atoms with van der Waals surface area (Å²) >= 11 is 0. The zero-order valence-corrected chi connectivity index (χ0v) is 13.3. The van der Waals surface area contributed by atoms with Gasteiger partial charge in [0.2, 0.25) is 11.8 Å². The molecule has 1 aliphatic rings. The molecule has 20 heavy (non-hydrogen) atoms. The van der Waals surface area contributed by atoms with Crippen LogP contribution in [0, 0.1) is 5.41 Å². The van der Waals surface area contributed by atoms with Crippen molar-refractivity contribution in [2.24, 2.45) is 5.41 Å². The van der Waals surface area contributed by atoms with Gasteiger partial charge in [0.25, 0.3) is 0 Å². The second kappa shape index (κ2) is 8.28. The largest absolute Gasteiger partial charge is 0.355 e. The Morgan fingerprint density at radius 1 is 1.00 bits per heavy atom. The van der Waals surface area contributed by atoms with Crippen molar-refractivity contribution in [3.8, 4) is 0 Å². The normalized spacial score (nSPS) is 17.9. The third-order valence-electron chi connectivity index (χ3n) is 3.79. The van der Waals surface area contributed by atoms with Gasteiger partial charge in [-0.3, -0.25) is 9.59 Å². The maximum absolute atomic E-state index is 11.9. The minimum atomic E-state index is -0.393. The van der Waals surface area contributed by atoms with Crippen molar-refractivity contribution in [3.05, 3.63) is 0 Å². The molecule has 0 aromatic carbocycles. The minimum absolute atomic E-state index is 0.00347. The van der Waals surface area contributed by atoms with E-state index in [2.05, 4.69) is 10.6 Å². The van der Waals surface area contributed by atoms with E-state index in [0.717, 1.165) is 12.8 Å². The molecule has 0 aromatic heterocycles. The third-order valence-corrected chi connectivity index (χ3v) is 3.79. The fourth-order valence-electron chi connectivity index (χ4n) is 2.46. The molecule has 0 unspecified atom stereocenters. The number of hydrogen-bond donors (Lipinski definition) is 2. The van der Waals surface area contributed by atoms with Crippen molar-refractivity contribution < 1.29 is 9.59 Å². The van der Waals surface area contributed by atoms with Crippen LogP contribution in [0.15, 0.2) is 0 Å². The van der Waals surface area contributed by atoms with Gasteiger partial charge in [-0.15, -0.1) is 0 Å². The van der Waals surface area contributed by atoms with Crippen LogP contribution in [-0.2, 0) is 9.59 Å². The minimum Gasteiger partial charge on any atom is -0.355 e. The van der Waals surface area contributed by atoms with Gasteiger partial charge in [-0.1, -0.05) is 52.9 Å². The maximum Gasteiger partial charge on any atom is 0.225 e. The van der Waals surface area contributed by atoms with E-state index in [9.17, 15) is 9.59 Å². The molecule has 1 aliphatic carbocycles. The molecule has 0 heterocycles. The van der Waals surface area contributed by atoms with Gasteiger partial charge in [0.15, 0.2) is 0 Å². The summed E-state index contributed by atoms with van der Waals surface area (Å²) in [5.41, 5.74) is -0.393. The summed E-state index contributed by atoms with van der Waals surface area (Å²) in [5.74, 6) is 0.0565. The Balaban J connectivity index is 2.20. The predicted molar refractivity (Wildman–Crippen MR) is 81.3 cm³/mol. The Morgan fingerprint density at radius 3 is 2.10 bits per heavy atom. The third kappa shape index (κ3) is 6.92. The van der Waals surface area contributed by atoms with Crippen molar-refractivity contribution in [1.29, 1.82) is 0 Å². The summed E-state index contributed by atoms with van der Waals surface area (Å²) in [5, 5.41) is 5.92. The van der Waals surface area contributed by atoms with E-state index in [4.69, 9.17) is 0 Å². The highest BCUT2D eigenvalue weighted by Crippen LogP contribution is 2.17. The van der Waals surface area contributed by atoms with E-state index in [-0.39, 0.29) is 11.8 Å². The van der Waals surface area contributed by atoms with Crippen molar-refractivity contribution in [1.82, 2.24) is 10.6 Å². The fourth-order valence-corrected chi connectivity index (χ4v) is 2.46. The Bertz CT molecular complexity index is 313. The average molecular weight is 282 g/mol. The molecule has 1 saturated carbocycles. The molecule has 116 valence electrons. The molecule has 0 bridgehead atoms. The second-order valence-corrected chi connectivity index (χ2v) is 6.87. The Kier molecular flexibility index (Phi) is 7.03. The molecular formula is C16H30N2O2. The standard InChI is InChI=1S/C16H30N2O2/c1-16(2,3)15(20)17-12-11-14(19)18-13-9-7-5-4-6-8-10-13/h13H,4-12H2,1-3H3,(H,17,20)(H,18,19). The molecule has 0 atom stereocenters. The number of rotatable bonds is 4. The second-order valence-electron chi connectivity index (χ2n) is 6.87. The Hall–Kier alpha value is -1.06. The van der Waals surface area contributed by atoms with Crippen LogP contribution in [0.25, 0.3) is 0 Å². The lowest BCUT2D eigenvalue weighted by molar-refractivity contribution is -0.128. The molecule has 0 spiro atoms. The van der Waals surface area contributed by atoms with Crippen LogP contribution in [-0.4, -0.2) is 24.4 Å². The molecule has 0 aromatic rings. The van der Waals surface area contributed by atoms with Crippen LogP contribution >= 0.6 is 0 Å². The van der Waals surface area contributed by atoms with Crippen LogP contribution in [0.4, 0.5) is 0 Å². The summed E-state index contributed by atoms with van der Waals surface area (Å²) in [6.45, 7) is 6.04. The van der Waals surface area contributed by atoms with Gasteiger partial charge in [0.05, 0.1) is 0 Å². The van der Waals surface area contributed by atoms with Crippen molar-refractivity contribution in [2.45, 2.75) is 78.2 Å². The molecule has 4 heteroatoms. The monoisotopic (exact) mass is 282 g/mol. The van der Waals surface area contributed by atoms with Crippen molar-refractivity contribution in [3.63, 3.8) is 0 Å². The highest BCUT2D eigenvalue weighted by atomic mass is 16.2. The van der Waals surface area contributed by atoms with Crippen molar-refractivity contribution >= 4 is 11.8 Å². The highest BCUT2D eigenvalue weighted by molar-refractivity contribution is 5.82. The average Bonchev–Trinajstić information content (AvgIpc) is 2.31. The molecule has 1 rings (SSSR count). The van der Waals surface area contributed by atoms with Crippen LogP contribution in [0.5, 0.6) is 0 Å². The van der Waals surface area contributed by atoms with Crippen molar-refractivity contribution in [2.75, 3.05) is 6.54 Å². The van der Waals surface area contributed by atoms with Crippen LogP contribution < -0.4 is 10.6 Å². The first kappa shape index (κ1) is 17.0. The van der Waals surface area contributed by atoms with Gasteiger partial charge < -0.3 is 10.6 Å². The molecule has 4 nitrogen and oxygen atoms in total. The zero-order valence-electron chi connectivity index (χ0n) is 13.3. The number of amides is 2. The molecule has 2 N–H and O–H groups in total. The molecular weight excluding hydrogens is 252 g/mol. The molecule has 2 amide bonds. The van der Waals surface area contributed by atoms with E-state index >= 15 is 0 Å². The van der Waals surface area contributed by atoms with E-state index < -0.39 is 5.41 Å². The van der Waals surface area contributed by atoms with Gasteiger partial charge in [-0.05, 0) is 12.8 Å². The van der Waals surface area contributed by atoms with Gasteiger partial charge in [0, 0.05) is 24.4 Å². The first-order valence-corrected chi connectivity index (χ1v) is 7.97. The lowest BCUT2D eigenvalue weighted by Gasteiger charge is -2.21. The molecule has 0 aliphatic heterocycles. The van der Waals surface area contributed by atoms with Crippen LogP contribution in [0.3, 0.4) is 0 Å². The Labute approximate surface area is 123 Å². The fraction of sp³-hybridized carbons (Fsp3) is 0.875. The van der Waals surface area contributed by atoms with Crippen LogP contribution in [0.1, 0.15) is 72.1 Å². The summed E-state index contributed by atoms with van der Waals surface area (Å²) in [6, 6.07) is 0.334. The first-order chi connectivity index (χ1) is 9.39. The number of hydrogen-bond acceptors (Lipinski definition) is 2. The number of carbonyl (C=O) groups is 2. The lowest BCUT2D eigenvalue weighted by atomic mass is 9.95. The van der Waals surface area contributed by atoms with E-state index in [1.165, 1.54) is 32.1 Å². The first-order valence-electron chi connectivity index (χ1n) is 7.97. The summed E-state index contributed by atoms with van der Waals surface area (Å²) in [4.78, 5) is 23.6. The van der Waals surface area contributed by atoms with Gasteiger partial charge >= 0.3 is 0 Å². The Morgan fingerprint density at radius 2 is 1.55 bits per heavy atom. The molecule has 1 fully saturated rings. The molecule has 0 saturated heterocycles. The topological polar surface area (TPSA) is 58.2 Å². The summed E-state index contributed by atoms with van der Waals surface area (Å²) < 4.78 is 0. The smallest absolute Gasteiger partial charge is 0.225 e. The number of nitrogens with one attached hydrogen (secondary N) is 2. The van der Waals surface area contributed by atoms with E-state index in [0.29, 0.717) is 19.0 Å². The molecule has 0 radical (unpaired) electrons. The predicted octanol–water partition coefficient (Wildman–Crippen LogP) is 2.77. The van der Waals surface area contributed by atoms with Crippen LogP contribution in [0.2, 0.25) is 0 Å². The number of carbonyl (C=O) groups excluding carboxylic acids is 2. The quantitative estimate of drug-likeness (QED) is 0.833. The maximum atomic E-state index is 11.9. The summed E-state index contributed by atoms with van der Waals surface area (Å²) in [6.07, 6.45) is 8.90. The van der Waals surface area contributed by atoms with Gasteiger partial charge in [-0.2, -0.15) is 0 Å². The SMILES string of the molecule is CC(C)(C)C(=O)NCCC(=O)NC1CCCCCCC1. The summed E-state index contributed by atoms with van der Waals surface area (Å²) in [7, 11) is 0. The highest BCUT2D eigenvalue weighted by Gasteiger charge is 2.21. The van der Waals surface area contributed by atoms with E-state index in [1.807, 2.05) is 20.8 Å². The van der Waals surface area contributed by atoms with Gasteiger partial charge in [-0.25, -0.2) is 0 Å². The lowest BCUT2D eigenvalue weighted by Crippen LogP contribution is -2.39. The van der Waals surface area contributed by atoms with E-state index in [1.54, 1.807) is 0 Å². The van der Waals surface area contributed by atoms with Gasteiger partial charge in [0.1, 0.15) is 0 Å². The zero-order chi connectivity index (χ0) is 15.0.